The van der Waals surface area contributed by atoms with E-state index in [9.17, 15) is 9.59 Å². The van der Waals surface area contributed by atoms with Gasteiger partial charge in [-0.25, -0.2) is 0 Å². The maximum atomic E-state index is 12.1. The second kappa shape index (κ2) is 9.99. The van der Waals surface area contributed by atoms with Crippen LogP contribution in [0.4, 0.5) is 0 Å². The molecule has 0 saturated heterocycles. The van der Waals surface area contributed by atoms with Gasteiger partial charge in [0.25, 0.3) is 0 Å². The predicted octanol–water partition coefficient (Wildman–Crippen LogP) is 4.01. The summed E-state index contributed by atoms with van der Waals surface area (Å²) in [6.07, 6.45) is 8.24. The van der Waals surface area contributed by atoms with Gasteiger partial charge in [0.2, 0.25) is 11.8 Å². The smallest absolute Gasteiger partial charge is 0.231 e. The van der Waals surface area contributed by atoms with Gasteiger partial charge in [-0.3, -0.25) is 14.5 Å². The Bertz CT molecular complexity index is 276. The largest absolute Gasteiger partial charge is 0.286 e. The summed E-state index contributed by atoms with van der Waals surface area (Å²) >= 11 is 0. The van der Waals surface area contributed by atoms with Crippen molar-refractivity contribution in [1.29, 1.82) is 0 Å². The van der Waals surface area contributed by atoms with Crippen molar-refractivity contribution >= 4 is 11.8 Å². The molecule has 0 aliphatic rings. The highest BCUT2D eigenvalue weighted by atomic mass is 16.2. The molecule has 2 atom stereocenters. The minimum absolute atomic E-state index is 0.0379. The summed E-state index contributed by atoms with van der Waals surface area (Å²) in [6, 6.07) is 0. The van der Waals surface area contributed by atoms with Crippen LogP contribution >= 0.6 is 0 Å². The predicted molar refractivity (Wildman–Crippen MR) is 79.8 cm³/mol. The van der Waals surface area contributed by atoms with Gasteiger partial charge in [0.05, 0.1) is 0 Å². The lowest BCUT2D eigenvalue weighted by Gasteiger charge is -2.23. The fourth-order valence-corrected chi connectivity index (χ4v) is 2.56. The van der Waals surface area contributed by atoms with Crippen molar-refractivity contribution in [1.82, 2.24) is 4.90 Å². The molecule has 0 fully saturated rings. The third kappa shape index (κ3) is 7.34. The van der Waals surface area contributed by atoms with E-state index in [4.69, 9.17) is 0 Å². The minimum atomic E-state index is -0.171. The molecule has 2 unspecified atom stereocenters. The van der Waals surface area contributed by atoms with E-state index in [1.807, 2.05) is 6.92 Å². The molecule has 0 N–H and O–H groups in total. The molecular formula is C16H31NO2. The molecule has 0 aromatic heterocycles. The number of imide groups is 1. The highest BCUT2D eigenvalue weighted by Crippen LogP contribution is 2.24. The topological polar surface area (TPSA) is 37.4 Å². The average molecular weight is 269 g/mol. The number of amides is 2. The van der Waals surface area contributed by atoms with Crippen LogP contribution in [0.2, 0.25) is 0 Å². The zero-order valence-corrected chi connectivity index (χ0v) is 13.4. The van der Waals surface area contributed by atoms with Gasteiger partial charge in [0.15, 0.2) is 0 Å². The standard InChI is InChI=1S/C16H31NO2/c1-6-8-9-11-15(10-7-2)12-13(3)16(19)17(5)14(4)18/h13,15H,6-12H2,1-5H3. The zero-order chi connectivity index (χ0) is 14.8. The monoisotopic (exact) mass is 269 g/mol. The third-order valence-electron chi connectivity index (χ3n) is 3.82. The van der Waals surface area contributed by atoms with E-state index in [2.05, 4.69) is 13.8 Å². The van der Waals surface area contributed by atoms with Crippen LogP contribution in [0.5, 0.6) is 0 Å². The maximum absolute atomic E-state index is 12.1. The Morgan fingerprint density at radius 2 is 1.68 bits per heavy atom. The van der Waals surface area contributed by atoms with Crippen molar-refractivity contribution in [2.45, 2.75) is 72.6 Å². The van der Waals surface area contributed by atoms with Crippen molar-refractivity contribution in [2.24, 2.45) is 11.8 Å². The molecule has 0 rings (SSSR count). The second-order valence-electron chi connectivity index (χ2n) is 5.70. The third-order valence-corrected chi connectivity index (χ3v) is 3.82. The van der Waals surface area contributed by atoms with Gasteiger partial charge in [-0.05, 0) is 12.3 Å². The lowest BCUT2D eigenvalue weighted by atomic mass is 9.87. The number of hydrogen-bond acceptors (Lipinski definition) is 2. The molecule has 0 aliphatic heterocycles. The molecular weight excluding hydrogens is 238 g/mol. The minimum Gasteiger partial charge on any atom is -0.286 e. The van der Waals surface area contributed by atoms with Gasteiger partial charge in [0, 0.05) is 19.9 Å². The molecule has 0 aromatic rings. The quantitative estimate of drug-likeness (QED) is 0.593. The average Bonchev–Trinajstić information content (AvgIpc) is 2.37. The first-order valence-corrected chi connectivity index (χ1v) is 7.72. The summed E-state index contributed by atoms with van der Waals surface area (Å²) in [5.41, 5.74) is 0. The number of carbonyl (C=O) groups is 2. The Kier molecular flexibility index (Phi) is 9.54. The number of unbranched alkanes of at least 4 members (excludes halogenated alkanes) is 2. The first-order chi connectivity index (χ1) is 8.93. The van der Waals surface area contributed by atoms with Crippen LogP contribution in [0.1, 0.15) is 72.6 Å². The van der Waals surface area contributed by atoms with E-state index in [-0.39, 0.29) is 17.7 Å². The fourth-order valence-electron chi connectivity index (χ4n) is 2.56. The van der Waals surface area contributed by atoms with Gasteiger partial charge in [-0.15, -0.1) is 0 Å². The van der Waals surface area contributed by atoms with Gasteiger partial charge in [-0.2, -0.15) is 0 Å². The van der Waals surface area contributed by atoms with Gasteiger partial charge < -0.3 is 0 Å². The van der Waals surface area contributed by atoms with Gasteiger partial charge >= 0.3 is 0 Å². The summed E-state index contributed by atoms with van der Waals surface area (Å²) < 4.78 is 0. The van der Waals surface area contributed by atoms with Gasteiger partial charge in [0.1, 0.15) is 0 Å². The van der Waals surface area contributed by atoms with E-state index in [1.54, 1.807) is 7.05 Å². The van der Waals surface area contributed by atoms with Crippen LogP contribution in [0.15, 0.2) is 0 Å². The van der Waals surface area contributed by atoms with Crippen LogP contribution in [0.25, 0.3) is 0 Å². The lowest BCUT2D eigenvalue weighted by molar-refractivity contribution is -0.144. The Balaban J connectivity index is 4.32. The Hall–Kier alpha value is -0.860. The molecule has 0 radical (unpaired) electrons. The van der Waals surface area contributed by atoms with E-state index in [1.165, 1.54) is 50.3 Å². The van der Waals surface area contributed by atoms with E-state index >= 15 is 0 Å². The fraction of sp³-hybridized carbons (Fsp3) is 0.875. The molecule has 0 bridgehead atoms. The first kappa shape index (κ1) is 18.1. The van der Waals surface area contributed by atoms with Crippen LogP contribution < -0.4 is 0 Å². The van der Waals surface area contributed by atoms with E-state index in [0.29, 0.717) is 5.92 Å². The highest BCUT2D eigenvalue weighted by Gasteiger charge is 2.23. The van der Waals surface area contributed by atoms with Crippen molar-refractivity contribution < 1.29 is 9.59 Å². The summed E-state index contributed by atoms with van der Waals surface area (Å²) in [7, 11) is 1.58. The molecule has 0 heterocycles. The van der Waals surface area contributed by atoms with E-state index in [0.717, 1.165) is 6.42 Å². The Morgan fingerprint density at radius 3 is 2.16 bits per heavy atom. The lowest BCUT2D eigenvalue weighted by Crippen LogP contribution is -2.35. The Morgan fingerprint density at radius 1 is 1.05 bits per heavy atom. The van der Waals surface area contributed by atoms with Crippen molar-refractivity contribution in [3.05, 3.63) is 0 Å². The van der Waals surface area contributed by atoms with Crippen molar-refractivity contribution in [3.63, 3.8) is 0 Å². The first-order valence-electron chi connectivity index (χ1n) is 7.72. The van der Waals surface area contributed by atoms with Crippen LogP contribution in [0.3, 0.4) is 0 Å². The number of rotatable bonds is 9. The second-order valence-corrected chi connectivity index (χ2v) is 5.70. The van der Waals surface area contributed by atoms with E-state index < -0.39 is 0 Å². The molecule has 3 heteroatoms. The number of nitrogens with zero attached hydrogens (tertiary/aromatic N) is 1. The normalized spacial score (nSPS) is 13.9. The zero-order valence-electron chi connectivity index (χ0n) is 13.4. The molecule has 112 valence electrons. The molecule has 0 aliphatic carbocycles. The van der Waals surface area contributed by atoms with Crippen molar-refractivity contribution in [2.75, 3.05) is 7.05 Å². The summed E-state index contributed by atoms with van der Waals surface area (Å²) in [5, 5.41) is 0. The molecule has 3 nitrogen and oxygen atoms in total. The SMILES string of the molecule is CCCCCC(CCC)CC(C)C(=O)N(C)C(C)=O. The molecule has 0 saturated carbocycles. The summed E-state index contributed by atoms with van der Waals surface area (Å²) in [4.78, 5) is 24.5. The molecule has 2 amide bonds. The molecule has 19 heavy (non-hydrogen) atoms. The number of hydrogen-bond donors (Lipinski definition) is 0. The van der Waals surface area contributed by atoms with Crippen LogP contribution in [-0.2, 0) is 9.59 Å². The van der Waals surface area contributed by atoms with Crippen LogP contribution in [-0.4, -0.2) is 23.8 Å². The van der Waals surface area contributed by atoms with Crippen LogP contribution in [0, 0.1) is 11.8 Å². The Labute approximate surface area is 118 Å². The molecule has 0 aromatic carbocycles. The molecule has 0 spiro atoms. The number of carbonyl (C=O) groups excluding carboxylic acids is 2. The highest BCUT2D eigenvalue weighted by molar-refractivity contribution is 5.94. The summed E-state index contributed by atoms with van der Waals surface area (Å²) in [6.45, 7) is 7.80. The van der Waals surface area contributed by atoms with Crippen molar-refractivity contribution in [3.8, 4) is 0 Å². The summed E-state index contributed by atoms with van der Waals surface area (Å²) in [5.74, 6) is 0.363. The maximum Gasteiger partial charge on any atom is 0.231 e. The van der Waals surface area contributed by atoms with Gasteiger partial charge in [-0.1, -0.05) is 59.3 Å².